The summed E-state index contributed by atoms with van der Waals surface area (Å²) in [6, 6.07) is 0. The van der Waals surface area contributed by atoms with Gasteiger partial charge in [0.1, 0.15) is 17.3 Å². The average molecular weight is 569 g/mol. The maximum atomic E-state index is 13.4. The van der Waals surface area contributed by atoms with E-state index in [1.54, 1.807) is 0 Å². The van der Waals surface area contributed by atoms with Crippen molar-refractivity contribution in [1.82, 2.24) is 0 Å². The Morgan fingerprint density at radius 3 is 2.29 bits per heavy atom. The van der Waals surface area contributed by atoms with Crippen LogP contribution in [0.3, 0.4) is 0 Å². The van der Waals surface area contributed by atoms with Gasteiger partial charge in [0.15, 0.2) is 0 Å². The highest BCUT2D eigenvalue weighted by Crippen LogP contribution is 2.75. The van der Waals surface area contributed by atoms with Gasteiger partial charge in [-0.1, -0.05) is 58.8 Å². The van der Waals surface area contributed by atoms with Gasteiger partial charge in [0.05, 0.1) is 12.0 Å². The van der Waals surface area contributed by atoms with Gasteiger partial charge in [-0.3, -0.25) is 9.59 Å². The van der Waals surface area contributed by atoms with Crippen molar-refractivity contribution in [2.24, 2.45) is 50.2 Å². The Balaban J connectivity index is 1.60. The number of aliphatic hydroxyl groups is 1. The summed E-state index contributed by atoms with van der Waals surface area (Å²) in [6.07, 6.45) is 9.78. The smallest absolute Gasteiger partial charge is 0.330 e. The van der Waals surface area contributed by atoms with Gasteiger partial charge in [-0.25, -0.2) is 4.79 Å². The molecule has 0 saturated heterocycles. The first-order valence-electron chi connectivity index (χ1n) is 15.8. The fourth-order valence-corrected chi connectivity index (χ4v) is 11.2. The van der Waals surface area contributed by atoms with Gasteiger partial charge >= 0.3 is 11.9 Å². The highest BCUT2D eigenvalue weighted by molar-refractivity contribution is 5.86. The maximum absolute atomic E-state index is 13.4. The lowest BCUT2D eigenvalue weighted by Gasteiger charge is -2.70. The normalized spacial score (nSPS) is 46.6. The van der Waals surface area contributed by atoms with Gasteiger partial charge in [0.2, 0.25) is 0 Å². The van der Waals surface area contributed by atoms with E-state index in [0.717, 1.165) is 44.1 Å². The molecule has 0 aliphatic heterocycles. The summed E-state index contributed by atoms with van der Waals surface area (Å²) < 4.78 is 6.07. The Morgan fingerprint density at radius 2 is 1.68 bits per heavy atom. The molecule has 9 atom stereocenters. The zero-order valence-corrected chi connectivity index (χ0v) is 26.6. The van der Waals surface area contributed by atoms with Crippen molar-refractivity contribution < 1.29 is 29.3 Å². The number of carbonyl (C=O) groups is 3. The van der Waals surface area contributed by atoms with Gasteiger partial charge in [-0.05, 0) is 98.7 Å². The second kappa shape index (κ2) is 9.53. The summed E-state index contributed by atoms with van der Waals surface area (Å²) >= 11 is 0. The molecule has 228 valence electrons. The van der Waals surface area contributed by atoms with E-state index in [2.05, 4.69) is 40.7 Å². The molecule has 4 saturated carbocycles. The van der Waals surface area contributed by atoms with Crippen LogP contribution in [0.5, 0.6) is 0 Å². The van der Waals surface area contributed by atoms with Crippen LogP contribution in [0, 0.1) is 50.2 Å². The van der Waals surface area contributed by atoms with E-state index >= 15 is 0 Å². The van der Waals surface area contributed by atoms with E-state index in [9.17, 15) is 24.6 Å². The molecule has 0 radical (unpaired) electrons. The molecule has 0 heterocycles. The molecule has 6 heteroatoms. The van der Waals surface area contributed by atoms with Crippen molar-refractivity contribution in [3.8, 4) is 0 Å². The molecule has 4 fully saturated rings. The molecule has 0 unspecified atom stereocenters. The fraction of sp³-hybridized carbons (Fsp3) is 0.800. The lowest BCUT2D eigenvalue weighted by atomic mass is 9.33. The number of rotatable bonds is 4. The summed E-state index contributed by atoms with van der Waals surface area (Å²) in [5, 5.41) is 21.4. The van der Waals surface area contributed by atoms with Crippen LogP contribution in [-0.2, 0) is 19.1 Å². The molecule has 41 heavy (non-hydrogen) atoms. The SMILES string of the molecule is CC(C)=CC(=O)O[C@@H]1CC(C)(C)C[C@H]2C3=CC[C@@H]4[C@@]5(C)CCC(=O)[C@](C)(CO)[C@@H]5CC[C@@]4(C)[C@]3(C)CC[C@@]12C(=O)O. The summed E-state index contributed by atoms with van der Waals surface area (Å²) in [4.78, 5) is 39.3. The number of hydrogen-bond acceptors (Lipinski definition) is 5. The zero-order chi connectivity index (χ0) is 30.4. The standard InChI is InChI=1S/C35H52O6/c1-21(2)17-28(38)41-27-19-30(3,4)18-23-22-9-10-25-31(5)13-12-26(37)32(6,20-36)24(31)11-14-34(25,8)33(22,7)15-16-35(23,27)29(39)40/h9,17,23-25,27,36H,10-16,18-20H2,1-8H3,(H,39,40)/t23-,24+,25+,27+,31-,32+,33+,34+,35-/m0/s1. The van der Waals surface area contributed by atoms with Crippen LogP contribution in [0.25, 0.3) is 0 Å². The van der Waals surface area contributed by atoms with Crippen LogP contribution in [0.4, 0.5) is 0 Å². The molecule has 5 aliphatic carbocycles. The molecule has 5 rings (SSSR count). The Hall–Kier alpha value is -1.95. The summed E-state index contributed by atoms with van der Waals surface area (Å²) in [6.45, 7) is 17.1. The molecule has 5 aliphatic rings. The van der Waals surface area contributed by atoms with Crippen molar-refractivity contribution in [2.75, 3.05) is 6.61 Å². The van der Waals surface area contributed by atoms with Crippen molar-refractivity contribution in [3.05, 3.63) is 23.3 Å². The Bertz CT molecular complexity index is 1210. The molecule has 0 bridgehead atoms. The molecule has 0 aromatic carbocycles. The van der Waals surface area contributed by atoms with E-state index in [0.29, 0.717) is 25.2 Å². The third-order valence-corrected chi connectivity index (χ3v) is 13.6. The van der Waals surface area contributed by atoms with Crippen LogP contribution in [0.2, 0.25) is 0 Å². The number of ketones is 1. The second-order valence-electron chi connectivity index (χ2n) is 16.4. The largest absolute Gasteiger partial charge is 0.481 e. The minimum absolute atomic E-state index is 0.0560. The first-order valence-corrected chi connectivity index (χ1v) is 15.8. The number of fused-ring (bicyclic) bond motifs is 7. The van der Waals surface area contributed by atoms with Crippen LogP contribution < -0.4 is 0 Å². The number of Topliss-reactive ketones (excluding diaryl/α,β-unsaturated/α-hetero) is 1. The Kier molecular flexibility index (Phi) is 7.09. The van der Waals surface area contributed by atoms with Gasteiger partial charge < -0.3 is 14.9 Å². The first-order chi connectivity index (χ1) is 18.9. The van der Waals surface area contributed by atoms with E-state index in [-0.39, 0.29) is 45.9 Å². The summed E-state index contributed by atoms with van der Waals surface area (Å²) in [5.74, 6) is -0.801. The minimum atomic E-state index is -1.14. The molecule has 0 aromatic heterocycles. The minimum Gasteiger partial charge on any atom is -0.481 e. The van der Waals surface area contributed by atoms with Crippen LogP contribution in [0.1, 0.15) is 113 Å². The van der Waals surface area contributed by atoms with Crippen molar-refractivity contribution >= 4 is 17.7 Å². The van der Waals surface area contributed by atoms with E-state index in [1.807, 2.05) is 20.8 Å². The van der Waals surface area contributed by atoms with Gasteiger partial charge in [-0.15, -0.1) is 0 Å². The number of carboxylic acid groups (broad SMARTS) is 1. The lowest BCUT2D eigenvalue weighted by molar-refractivity contribution is -0.208. The second-order valence-corrected chi connectivity index (χ2v) is 16.4. The van der Waals surface area contributed by atoms with Crippen molar-refractivity contribution in [1.29, 1.82) is 0 Å². The Morgan fingerprint density at radius 1 is 1.00 bits per heavy atom. The van der Waals surface area contributed by atoms with E-state index in [4.69, 9.17) is 4.74 Å². The fourth-order valence-electron chi connectivity index (χ4n) is 11.2. The summed E-state index contributed by atoms with van der Waals surface area (Å²) in [5.41, 5.74) is -0.220. The van der Waals surface area contributed by atoms with Gasteiger partial charge in [0, 0.05) is 18.4 Å². The number of aliphatic carboxylic acids is 1. The third kappa shape index (κ3) is 4.08. The van der Waals surface area contributed by atoms with Gasteiger partial charge in [-0.2, -0.15) is 0 Å². The predicted octanol–water partition coefficient (Wildman–Crippen LogP) is 6.90. The Labute approximate surface area is 246 Å². The molecule has 6 nitrogen and oxygen atoms in total. The van der Waals surface area contributed by atoms with E-state index in [1.165, 1.54) is 11.6 Å². The number of carboxylic acids is 1. The number of carbonyl (C=O) groups excluding carboxylic acids is 2. The van der Waals surface area contributed by atoms with Crippen molar-refractivity contribution in [2.45, 2.75) is 119 Å². The number of allylic oxidation sites excluding steroid dienone is 3. The number of esters is 1. The van der Waals surface area contributed by atoms with Gasteiger partial charge in [0.25, 0.3) is 0 Å². The highest BCUT2D eigenvalue weighted by atomic mass is 16.5. The average Bonchev–Trinajstić information content (AvgIpc) is 2.85. The zero-order valence-electron chi connectivity index (χ0n) is 26.6. The number of ether oxygens (including phenoxy) is 1. The highest BCUT2D eigenvalue weighted by Gasteiger charge is 2.71. The summed E-state index contributed by atoms with van der Waals surface area (Å²) in [7, 11) is 0. The van der Waals surface area contributed by atoms with Crippen molar-refractivity contribution in [3.63, 3.8) is 0 Å². The molecule has 0 amide bonds. The number of aliphatic hydroxyl groups excluding tert-OH is 1. The van der Waals surface area contributed by atoms with Crippen LogP contribution in [-0.4, -0.2) is 40.6 Å². The molecular formula is C35H52O6. The predicted molar refractivity (Wildman–Crippen MR) is 158 cm³/mol. The molecule has 2 N–H and O–H groups in total. The third-order valence-electron chi connectivity index (χ3n) is 13.6. The molecule has 0 aromatic rings. The molecular weight excluding hydrogens is 516 g/mol. The van der Waals surface area contributed by atoms with Crippen LogP contribution in [0.15, 0.2) is 23.3 Å². The lowest BCUT2D eigenvalue weighted by Crippen LogP contribution is -2.67. The van der Waals surface area contributed by atoms with E-state index < -0.39 is 28.9 Å². The molecule has 0 spiro atoms. The number of hydrogen-bond donors (Lipinski definition) is 2. The monoisotopic (exact) mass is 568 g/mol. The van der Waals surface area contributed by atoms with Crippen LogP contribution >= 0.6 is 0 Å². The first kappa shape index (κ1) is 30.5. The topological polar surface area (TPSA) is 101 Å². The quantitative estimate of drug-likeness (QED) is 0.217. The maximum Gasteiger partial charge on any atom is 0.330 e.